The largest absolute Gasteiger partial charge is 0.460 e. The molecule has 0 amide bonds. The molecular formula is C24H16F34OS2. The summed E-state index contributed by atoms with van der Waals surface area (Å²) in [5, 5.41) is 7.02. The van der Waals surface area contributed by atoms with Crippen molar-refractivity contribution < 1.29 is 154 Å². The summed E-state index contributed by atoms with van der Waals surface area (Å²) in [5.41, 5.74) is 0. The minimum atomic E-state index is -8.95. The molecule has 1 nitrogen and oxygen atoms in total. The van der Waals surface area contributed by atoms with Crippen LogP contribution in [-0.2, 0) is 0 Å². The third-order valence-corrected chi connectivity index (χ3v) is 10.3. The zero-order chi connectivity index (χ0) is 49.9. The van der Waals surface area contributed by atoms with Gasteiger partial charge in [0.15, 0.2) is 0 Å². The maximum absolute atomic E-state index is 14.1. The van der Waals surface area contributed by atoms with E-state index in [0.717, 1.165) is 0 Å². The monoisotopic (exact) mass is 1030 g/mol. The van der Waals surface area contributed by atoms with Gasteiger partial charge in [0.2, 0.25) is 0 Å². The Morgan fingerprint density at radius 2 is 0.541 bits per heavy atom. The van der Waals surface area contributed by atoms with Crippen LogP contribution in [0.2, 0.25) is 0 Å². The van der Waals surface area contributed by atoms with Crippen LogP contribution >= 0.6 is 23.5 Å². The fourth-order valence-corrected chi connectivity index (χ4v) is 6.48. The average molecular weight is 1030 g/mol. The summed E-state index contributed by atoms with van der Waals surface area (Å²) in [7, 11) is 0. The van der Waals surface area contributed by atoms with Crippen molar-refractivity contribution in [3.8, 4) is 0 Å². The van der Waals surface area contributed by atoms with Gasteiger partial charge in [-0.2, -0.15) is 173 Å². The van der Waals surface area contributed by atoms with E-state index in [2.05, 4.69) is 0 Å². The van der Waals surface area contributed by atoms with Crippen LogP contribution in [0.1, 0.15) is 19.3 Å². The van der Waals surface area contributed by atoms with E-state index in [4.69, 9.17) is 5.11 Å². The zero-order valence-electron chi connectivity index (χ0n) is 27.6. The second-order valence-corrected chi connectivity index (χ2v) is 14.4. The zero-order valence-corrected chi connectivity index (χ0v) is 29.3. The molecule has 0 aromatic carbocycles. The molecule has 0 saturated carbocycles. The number of thioether (sulfide) groups is 2. The van der Waals surface area contributed by atoms with Gasteiger partial charge in [-0.15, -0.1) is 0 Å². The minimum absolute atomic E-state index is 0.463. The normalized spacial score (nSPS) is 17.0. The highest BCUT2D eigenvalue weighted by atomic mass is 32.2. The first-order valence-corrected chi connectivity index (χ1v) is 16.6. The van der Waals surface area contributed by atoms with Crippen molar-refractivity contribution in [2.75, 3.05) is 23.9 Å². The van der Waals surface area contributed by atoms with E-state index >= 15 is 0 Å². The Morgan fingerprint density at radius 3 is 0.787 bits per heavy atom. The van der Waals surface area contributed by atoms with Gasteiger partial charge in [0.1, 0.15) is 0 Å². The second-order valence-electron chi connectivity index (χ2n) is 11.9. The molecule has 1 N–H and O–H groups in total. The fraction of sp³-hybridized carbons (Fsp3) is 1.00. The fourth-order valence-electron chi connectivity index (χ4n) is 3.83. The number of hydrogen-bond donors (Lipinski definition) is 1. The Hall–Kier alpha value is -1.72. The summed E-state index contributed by atoms with van der Waals surface area (Å²) in [6, 6.07) is 0. The van der Waals surface area contributed by atoms with Crippen molar-refractivity contribution in [2.45, 2.75) is 120 Å². The molecule has 0 rings (SSSR count). The van der Waals surface area contributed by atoms with Crippen LogP contribution in [0.4, 0.5) is 149 Å². The van der Waals surface area contributed by atoms with Crippen LogP contribution in [-0.4, -0.2) is 129 Å². The van der Waals surface area contributed by atoms with Gasteiger partial charge in [-0.1, -0.05) is 0 Å². The van der Waals surface area contributed by atoms with Crippen molar-refractivity contribution in [3.05, 3.63) is 0 Å². The lowest BCUT2D eigenvalue weighted by molar-refractivity contribution is -0.461. The molecule has 0 heterocycles. The molecular weight excluding hydrogens is 1010 g/mol. The smallest absolute Gasteiger partial charge is 0.396 e. The molecule has 37 heteroatoms. The molecule has 0 radical (unpaired) electrons. The first-order chi connectivity index (χ1) is 26.1. The van der Waals surface area contributed by atoms with Crippen LogP contribution < -0.4 is 0 Å². The van der Waals surface area contributed by atoms with Crippen LogP contribution in [0.5, 0.6) is 0 Å². The first kappa shape index (κ1) is 59.3. The Labute approximate surface area is 322 Å². The molecule has 0 saturated heterocycles. The number of alkyl halides is 34. The van der Waals surface area contributed by atoms with Crippen molar-refractivity contribution >= 4 is 23.5 Å². The molecule has 0 aliphatic rings. The van der Waals surface area contributed by atoms with Crippen molar-refractivity contribution in [1.29, 1.82) is 0 Å². The first-order valence-electron chi connectivity index (χ1n) is 14.4. The van der Waals surface area contributed by atoms with Gasteiger partial charge in [-0.05, 0) is 17.9 Å². The molecule has 368 valence electrons. The van der Waals surface area contributed by atoms with Gasteiger partial charge in [-0.3, -0.25) is 0 Å². The van der Waals surface area contributed by atoms with Gasteiger partial charge in [-0.25, -0.2) is 0 Å². The van der Waals surface area contributed by atoms with Gasteiger partial charge < -0.3 is 5.11 Å². The SMILES string of the molecule is OCCC(CSCCC(F)(F)C(F)(F)C(F)(F)C(F)(F)C(F)(F)C(F)(F)C(F)(F)C(F)(F)F)SCCC(F)(F)C(F)(F)C(F)(F)C(F)(F)C(F)(F)C(F)(F)C(F)(F)C(F)(F)F. The van der Waals surface area contributed by atoms with E-state index in [9.17, 15) is 149 Å². The van der Waals surface area contributed by atoms with Crippen molar-refractivity contribution in [2.24, 2.45) is 0 Å². The van der Waals surface area contributed by atoms with E-state index < -0.39 is 167 Å². The highest BCUT2D eigenvalue weighted by Crippen LogP contribution is 2.66. The molecule has 0 fully saturated rings. The summed E-state index contributed by atoms with van der Waals surface area (Å²) in [6.45, 7) is -1.29. The number of rotatable bonds is 23. The summed E-state index contributed by atoms with van der Waals surface area (Å²) in [6.07, 6.45) is -23.2. The van der Waals surface area contributed by atoms with Crippen molar-refractivity contribution in [3.63, 3.8) is 0 Å². The highest BCUT2D eigenvalue weighted by molar-refractivity contribution is 8.03. The highest BCUT2D eigenvalue weighted by Gasteiger charge is 2.96. The molecule has 61 heavy (non-hydrogen) atoms. The van der Waals surface area contributed by atoms with Gasteiger partial charge >= 0.3 is 95.3 Å². The number of aliphatic hydroxyl groups excluding tert-OH is 1. The van der Waals surface area contributed by atoms with Gasteiger partial charge in [0, 0.05) is 30.5 Å². The minimum Gasteiger partial charge on any atom is -0.396 e. The standard InChI is InChI=1S/C24H16F34OS2/c25-9(26,11(29,30)13(33,34)15(37,38)17(41,42)19(45,46)21(49,50)23(53,54)55)2-5-60-7-8(1-4-59)61-6-3-10(27,28)12(31,32)14(35,36)16(39,40)18(43,44)20(47,48)22(51,52)24(56,57)58/h8,59H,1-7H2. The molecule has 1 atom stereocenters. The maximum Gasteiger partial charge on any atom is 0.460 e. The van der Waals surface area contributed by atoms with E-state index in [1.165, 1.54) is 0 Å². The quantitative estimate of drug-likeness (QED) is 0.0814. The van der Waals surface area contributed by atoms with Crippen LogP contribution in [0.25, 0.3) is 0 Å². The number of hydrogen-bond acceptors (Lipinski definition) is 3. The lowest BCUT2D eigenvalue weighted by atomic mass is 9.88. The molecule has 1 unspecified atom stereocenters. The molecule has 0 aliphatic heterocycles. The Bertz CT molecular complexity index is 1460. The third kappa shape index (κ3) is 9.12. The summed E-state index contributed by atoms with van der Waals surface area (Å²) < 4.78 is 455. The lowest BCUT2D eigenvalue weighted by Gasteiger charge is -2.42. The van der Waals surface area contributed by atoms with E-state index in [-0.39, 0.29) is 0 Å². The summed E-state index contributed by atoms with van der Waals surface area (Å²) >= 11 is -0.929. The Balaban J connectivity index is 6.17. The number of halogens is 34. The molecule has 0 bridgehead atoms. The maximum atomic E-state index is 14.1. The van der Waals surface area contributed by atoms with Gasteiger partial charge in [0.05, 0.1) is 0 Å². The van der Waals surface area contributed by atoms with Crippen molar-refractivity contribution in [1.82, 2.24) is 0 Å². The topological polar surface area (TPSA) is 20.2 Å². The number of aliphatic hydroxyl groups is 1. The van der Waals surface area contributed by atoms with Crippen LogP contribution in [0.3, 0.4) is 0 Å². The van der Waals surface area contributed by atoms with E-state index in [1.807, 2.05) is 0 Å². The predicted octanol–water partition coefficient (Wildman–Crippen LogP) is 13.0. The summed E-state index contributed by atoms with van der Waals surface area (Å²) in [4.78, 5) is 0. The van der Waals surface area contributed by atoms with E-state index in [0.29, 0.717) is 0 Å². The Kier molecular flexibility index (Phi) is 16.5. The van der Waals surface area contributed by atoms with E-state index in [1.54, 1.807) is 0 Å². The van der Waals surface area contributed by atoms with Crippen LogP contribution in [0.15, 0.2) is 0 Å². The van der Waals surface area contributed by atoms with Gasteiger partial charge in [0.25, 0.3) is 0 Å². The average Bonchev–Trinajstić information content (AvgIpc) is 3.04. The molecule has 0 aliphatic carbocycles. The second kappa shape index (κ2) is 16.9. The molecule has 0 aromatic heterocycles. The predicted molar refractivity (Wildman–Crippen MR) is 136 cm³/mol. The third-order valence-electron chi connectivity index (χ3n) is 7.66. The lowest BCUT2D eigenvalue weighted by Crippen LogP contribution is -2.74. The Morgan fingerprint density at radius 1 is 0.311 bits per heavy atom. The molecule has 0 spiro atoms. The molecule has 0 aromatic rings. The summed E-state index contributed by atoms with van der Waals surface area (Å²) in [5.74, 6) is -123. The van der Waals surface area contributed by atoms with Crippen LogP contribution in [0, 0.1) is 0 Å².